The van der Waals surface area contributed by atoms with Crippen molar-refractivity contribution in [3.05, 3.63) is 59.8 Å². The molecule has 0 aliphatic carbocycles. The molecule has 3 heterocycles. The number of hydrogen-bond donors (Lipinski definition) is 4. The van der Waals surface area contributed by atoms with Crippen LogP contribution < -0.4 is 21.3 Å². The second kappa shape index (κ2) is 7.96. The van der Waals surface area contributed by atoms with Gasteiger partial charge in [0.15, 0.2) is 0 Å². The third-order valence-electron chi connectivity index (χ3n) is 4.57. The Kier molecular flexibility index (Phi) is 5.20. The van der Waals surface area contributed by atoms with E-state index in [1.165, 1.54) is 23.7 Å². The first-order chi connectivity index (χ1) is 14.4. The summed E-state index contributed by atoms with van der Waals surface area (Å²) in [4.78, 5) is 41.3. The lowest BCUT2D eigenvalue weighted by molar-refractivity contribution is -0.111. The number of fused-ring (bicyclic) bond motifs is 3. The van der Waals surface area contributed by atoms with E-state index >= 15 is 0 Å². The van der Waals surface area contributed by atoms with E-state index in [4.69, 9.17) is 0 Å². The average molecular weight is 421 g/mol. The van der Waals surface area contributed by atoms with Gasteiger partial charge in [-0.2, -0.15) is 0 Å². The van der Waals surface area contributed by atoms with Crippen LogP contribution in [0.4, 0.5) is 17.1 Å². The van der Waals surface area contributed by atoms with Crippen LogP contribution in [0, 0.1) is 0 Å². The summed E-state index contributed by atoms with van der Waals surface area (Å²) >= 11 is 1.39. The molecule has 1 aliphatic rings. The molecule has 1 aliphatic heterocycles. The predicted octanol–water partition coefficient (Wildman–Crippen LogP) is 3.22. The average Bonchev–Trinajstić information content (AvgIpc) is 3.03. The number of benzene rings is 1. The van der Waals surface area contributed by atoms with Crippen LogP contribution in [0.1, 0.15) is 27.0 Å². The SMILES string of the molecule is C=CC(=O)Nc1cncc(NC(=O)c2ccc3sc4c(c3c2)NCC(C)NC4=O)c1. The maximum atomic E-state index is 12.8. The lowest BCUT2D eigenvalue weighted by Gasteiger charge is -2.10. The van der Waals surface area contributed by atoms with Crippen molar-refractivity contribution in [3.8, 4) is 0 Å². The zero-order valence-electron chi connectivity index (χ0n) is 16.1. The molecule has 8 nitrogen and oxygen atoms in total. The molecule has 0 spiro atoms. The van der Waals surface area contributed by atoms with E-state index in [9.17, 15) is 14.4 Å². The molecule has 1 aromatic carbocycles. The Labute approximate surface area is 176 Å². The molecule has 0 bridgehead atoms. The number of nitrogens with zero attached hydrogens (tertiary/aromatic N) is 1. The molecule has 152 valence electrons. The molecule has 30 heavy (non-hydrogen) atoms. The van der Waals surface area contributed by atoms with Crippen LogP contribution in [-0.4, -0.2) is 35.3 Å². The smallest absolute Gasteiger partial charge is 0.263 e. The van der Waals surface area contributed by atoms with E-state index in [-0.39, 0.29) is 23.8 Å². The van der Waals surface area contributed by atoms with Crippen molar-refractivity contribution in [2.24, 2.45) is 0 Å². The summed E-state index contributed by atoms with van der Waals surface area (Å²) in [5, 5.41) is 12.5. The molecule has 0 saturated carbocycles. The largest absolute Gasteiger partial charge is 0.381 e. The summed E-state index contributed by atoms with van der Waals surface area (Å²) in [6.07, 6.45) is 4.12. The molecule has 3 aromatic rings. The lowest BCUT2D eigenvalue weighted by atomic mass is 10.1. The van der Waals surface area contributed by atoms with Gasteiger partial charge in [-0.1, -0.05) is 6.58 Å². The number of rotatable bonds is 4. The van der Waals surface area contributed by atoms with E-state index in [2.05, 4.69) is 32.8 Å². The summed E-state index contributed by atoms with van der Waals surface area (Å²) in [5.41, 5.74) is 2.09. The van der Waals surface area contributed by atoms with Crippen LogP contribution in [0.3, 0.4) is 0 Å². The second-order valence-electron chi connectivity index (χ2n) is 6.88. The molecular weight excluding hydrogens is 402 g/mol. The molecule has 1 unspecified atom stereocenters. The highest BCUT2D eigenvalue weighted by Gasteiger charge is 2.24. The van der Waals surface area contributed by atoms with Crippen LogP contribution >= 0.6 is 11.3 Å². The molecule has 4 rings (SSSR count). The maximum absolute atomic E-state index is 12.8. The van der Waals surface area contributed by atoms with Gasteiger partial charge in [0.05, 0.1) is 29.5 Å². The Morgan fingerprint density at radius 3 is 2.77 bits per heavy atom. The van der Waals surface area contributed by atoms with Crippen molar-refractivity contribution in [2.75, 3.05) is 22.5 Å². The number of amides is 3. The first-order valence-corrected chi connectivity index (χ1v) is 10.1. The number of aromatic nitrogens is 1. The number of pyridine rings is 1. The molecular formula is C21H19N5O3S. The van der Waals surface area contributed by atoms with Crippen molar-refractivity contribution in [1.82, 2.24) is 10.3 Å². The number of carbonyl (C=O) groups excluding carboxylic acids is 3. The van der Waals surface area contributed by atoms with Gasteiger partial charge in [0.25, 0.3) is 11.8 Å². The zero-order chi connectivity index (χ0) is 21.3. The minimum Gasteiger partial charge on any atom is -0.381 e. The first-order valence-electron chi connectivity index (χ1n) is 9.25. The van der Waals surface area contributed by atoms with Crippen LogP contribution in [0.25, 0.3) is 10.1 Å². The van der Waals surface area contributed by atoms with Crippen LogP contribution in [0.2, 0.25) is 0 Å². The van der Waals surface area contributed by atoms with Crippen molar-refractivity contribution in [1.29, 1.82) is 0 Å². The predicted molar refractivity (Wildman–Crippen MR) is 118 cm³/mol. The summed E-state index contributed by atoms with van der Waals surface area (Å²) in [6.45, 7) is 5.94. The molecule has 0 saturated heterocycles. The van der Waals surface area contributed by atoms with Crippen molar-refractivity contribution >= 4 is 56.2 Å². The van der Waals surface area contributed by atoms with Crippen molar-refractivity contribution in [2.45, 2.75) is 13.0 Å². The van der Waals surface area contributed by atoms with Gasteiger partial charge in [-0.15, -0.1) is 11.3 Å². The van der Waals surface area contributed by atoms with Gasteiger partial charge < -0.3 is 21.3 Å². The highest BCUT2D eigenvalue weighted by Crippen LogP contribution is 2.37. The third kappa shape index (κ3) is 3.87. The first kappa shape index (κ1) is 19.6. The number of hydrogen-bond acceptors (Lipinski definition) is 6. The lowest BCUT2D eigenvalue weighted by Crippen LogP contribution is -2.34. The summed E-state index contributed by atoms with van der Waals surface area (Å²) in [5.74, 6) is -0.800. The molecule has 9 heteroatoms. The van der Waals surface area contributed by atoms with Crippen LogP contribution in [0.15, 0.2) is 49.3 Å². The van der Waals surface area contributed by atoms with Gasteiger partial charge >= 0.3 is 0 Å². The van der Waals surface area contributed by atoms with E-state index in [1.54, 1.807) is 18.2 Å². The molecule has 2 aromatic heterocycles. The molecule has 4 N–H and O–H groups in total. The minimum absolute atomic E-state index is 0.0139. The Bertz CT molecular complexity index is 1190. The number of anilines is 3. The van der Waals surface area contributed by atoms with E-state index in [0.717, 1.165) is 21.8 Å². The van der Waals surface area contributed by atoms with Crippen molar-refractivity contribution < 1.29 is 14.4 Å². The van der Waals surface area contributed by atoms with Gasteiger partial charge in [-0.25, -0.2) is 0 Å². The topological polar surface area (TPSA) is 112 Å². The monoisotopic (exact) mass is 421 g/mol. The summed E-state index contributed by atoms with van der Waals surface area (Å²) < 4.78 is 0.921. The van der Waals surface area contributed by atoms with E-state index in [0.29, 0.717) is 28.4 Å². The van der Waals surface area contributed by atoms with Gasteiger partial charge in [-0.3, -0.25) is 19.4 Å². The van der Waals surface area contributed by atoms with Gasteiger partial charge in [0, 0.05) is 28.2 Å². The van der Waals surface area contributed by atoms with Crippen molar-refractivity contribution in [3.63, 3.8) is 0 Å². The molecule has 0 fully saturated rings. The standard InChI is InChI=1S/C21H19N5O3S/c1-3-17(27)25-13-7-14(10-22-9-13)26-20(28)12-4-5-16-15(6-12)18-19(30-16)21(29)24-11(2)8-23-18/h3-7,9-11,23H,1,8H2,2H3,(H,24,29)(H,25,27)(H,26,28). The van der Waals surface area contributed by atoms with Gasteiger partial charge in [0.1, 0.15) is 4.88 Å². The fourth-order valence-electron chi connectivity index (χ4n) is 3.14. The minimum atomic E-state index is -0.366. The third-order valence-corrected chi connectivity index (χ3v) is 5.74. The normalized spacial score (nSPS) is 15.4. The fourth-order valence-corrected chi connectivity index (χ4v) is 4.21. The van der Waals surface area contributed by atoms with Crippen LogP contribution in [0.5, 0.6) is 0 Å². The highest BCUT2D eigenvalue weighted by molar-refractivity contribution is 7.21. The van der Waals surface area contributed by atoms with E-state index in [1.807, 2.05) is 13.0 Å². The maximum Gasteiger partial charge on any atom is 0.263 e. The highest BCUT2D eigenvalue weighted by atomic mass is 32.1. The van der Waals surface area contributed by atoms with E-state index < -0.39 is 0 Å². The Hall–Kier alpha value is -3.72. The zero-order valence-corrected chi connectivity index (χ0v) is 16.9. The molecule has 3 amide bonds. The fraction of sp³-hybridized carbons (Fsp3) is 0.143. The number of carbonyl (C=O) groups is 3. The number of nitrogens with one attached hydrogen (secondary N) is 4. The summed E-state index contributed by atoms with van der Waals surface area (Å²) in [6, 6.07) is 6.94. The van der Waals surface area contributed by atoms with Gasteiger partial charge in [0.2, 0.25) is 5.91 Å². The summed E-state index contributed by atoms with van der Waals surface area (Å²) in [7, 11) is 0. The Morgan fingerprint density at radius 1 is 1.23 bits per heavy atom. The second-order valence-corrected chi connectivity index (χ2v) is 7.93. The Balaban J connectivity index is 1.60. The Morgan fingerprint density at radius 2 is 2.00 bits per heavy atom. The quantitative estimate of drug-likeness (QED) is 0.483. The number of thiophene rings is 1. The van der Waals surface area contributed by atoms with Gasteiger partial charge in [-0.05, 0) is 37.3 Å². The molecule has 1 atom stereocenters. The van der Waals surface area contributed by atoms with Crippen LogP contribution in [-0.2, 0) is 4.79 Å². The molecule has 0 radical (unpaired) electrons.